The van der Waals surface area contributed by atoms with Gasteiger partial charge in [0.2, 0.25) is 5.95 Å². The Morgan fingerprint density at radius 2 is 1.80 bits per heavy atom. The highest BCUT2D eigenvalue weighted by Crippen LogP contribution is 2.23. The zero-order chi connectivity index (χ0) is 29.2. The van der Waals surface area contributed by atoms with Crippen molar-refractivity contribution in [2.45, 2.75) is 26.2 Å². The van der Waals surface area contributed by atoms with Crippen molar-refractivity contribution in [3.63, 3.8) is 0 Å². The van der Waals surface area contributed by atoms with Crippen molar-refractivity contribution in [1.29, 1.82) is 5.26 Å². The third-order valence-electron chi connectivity index (χ3n) is 5.78. The zero-order valence-electron chi connectivity index (χ0n) is 22.7. The van der Waals surface area contributed by atoms with Crippen molar-refractivity contribution in [2.24, 2.45) is 11.6 Å². The molecule has 11 nitrogen and oxygen atoms in total. The van der Waals surface area contributed by atoms with E-state index in [4.69, 9.17) is 21.1 Å². The van der Waals surface area contributed by atoms with E-state index in [0.29, 0.717) is 34.9 Å². The number of nitrogens with one attached hydrogen (secondary N) is 1. The number of hydrogen-bond donors (Lipinski definition) is 3. The number of ether oxygens (including phenoxy) is 2. The summed E-state index contributed by atoms with van der Waals surface area (Å²) in [5, 5.41) is 13.5. The first kappa shape index (κ1) is 28.7. The number of hydrazine groups is 1. The number of rotatable bonds is 11. The number of hydrogen-bond acceptors (Lipinski definition) is 10. The molecule has 2 heterocycles. The molecule has 2 aromatic heterocycles. The Bertz CT molecular complexity index is 1570. The number of nitrogens with two attached hydrogens (primary N) is 2. The fraction of sp³-hybridized carbons (Fsp3) is 0.167. The smallest absolute Gasteiger partial charge is 0.267 e. The fourth-order valence-corrected chi connectivity index (χ4v) is 3.84. The maximum Gasteiger partial charge on any atom is 0.267 e. The predicted octanol–water partition coefficient (Wildman–Crippen LogP) is 3.60. The molecule has 208 valence electrons. The first-order valence-corrected chi connectivity index (χ1v) is 12.7. The van der Waals surface area contributed by atoms with Gasteiger partial charge in [-0.25, -0.2) is 15.8 Å². The van der Waals surface area contributed by atoms with E-state index in [-0.39, 0.29) is 18.2 Å². The fourth-order valence-electron chi connectivity index (χ4n) is 3.84. The monoisotopic (exact) mass is 550 g/mol. The van der Waals surface area contributed by atoms with Crippen LogP contribution >= 0.6 is 0 Å². The van der Waals surface area contributed by atoms with Crippen LogP contribution in [-0.4, -0.2) is 39.1 Å². The van der Waals surface area contributed by atoms with Gasteiger partial charge in [0.25, 0.3) is 5.91 Å². The van der Waals surface area contributed by atoms with E-state index in [1.807, 2.05) is 36.4 Å². The maximum atomic E-state index is 13.0. The molecule has 0 spiro atoms. The van der Waals surface area contributed by atoms with E-state index in [2.05, 4.69) is 26.3 Å². The molecule has 1 amide bonds. The minimum Gasteiger partial charge on any atom is -0.481 e. The largest absolute Gasteiger partial charge is 0.481 e. The summed E-state index contributed by atoms with van der Waals surface area (Å²) in [4.78, 5) is 26.4. The maximum absolute atomic E-state index is 13.0. The molecule has 0 radical (unpaired) electrons. The molecule has 0 aliphatic carbocycles. The Labute approximate surface area is 238 Å². The highest BCUT2D eigenvalue weighted by molar-refractivity contribution is 5.93. The van der Waals surface area contributed by atoms with E-state index < -0.39 is 12.0 Å². The van der Waals surface area contributed by atoms with Crippen LogP contribution in [0, 0.1) is 11.3 Å². The van der Waals surface area contributed by atoms with Gasteiger partial charge in [0.05, 0.1) is 53.3 Å². The highest BCUT2D eigenvalue weighted by Gasteiger charge is 2.18. The molecule has 0 aliphatic rings. The summed E-state index contributed by atoms with van der Waals surface area (Å²) in [6.45, 7) is 2.29. The minimum atomic E-state index is -0.830. The van der Waals surface area contributed by atoms with Crippen molar-refractivity contribution in [1.82, 2.24) is 20.0 Å². The third kappa shape index (κ3) is 8.09. The predicted molar refractivity (Wildman–Crippen MR) is 154 cm³/mol. The number of benzene rings is 2. The summed E-state index contributed by atoms with van der Waals surface area (Å²) in [7, 11) is 1.60. The van der Waals surface area contributed by atoms with Crippen LogP contribution in [0.1, 0.15) is 29.6 Å². The van der Waals surface area contributed by atoms with Crippen LogP contribution < -0.4 is 21.6 Å². The van der Waals surface area contributed by atoms with Crippen LogP contribution in [0.5, 0.6) is 5.75 Å². The molecular formula is C30H30N8O3. The molecular weight excluding hydrogens is 520 g/mol. The Kier molecular flexibility index (Phi) is 9.56. The van der Waals surface area contributed by atoms with Crippen molar-refractivity contribution in [3.05, 3.63) is 108 Å². The second-order valence-electron chi connectivity index (χ2n) is 9.03. The Balaban J connectivity index is 1.61. The molecule has 11 heteroatoms. The number of carbonyl (C=O) groups excluding carboxylic acids is 1. The van der Waals surface area contributed by atoms with Gasteiger partial charge < -0.3 is 20.2 Å². The van der Waals surface area contributed by atoms with Crippen LogP contribution in [-0.2, 0) is 22.7 Å². The topological polar surface area (TPSA) is 165 Å². The van der Waals surface area contributed by atoms with Gasteiger partial charge >= 0.3 is 0 Å². The molecule has 1 unspecified atom stereocenters. The molecule has 1 atom stereocenters. The molecule has 5 N–H and O–H groups in total. The molecule has 0 aliphatic heterocycles. The number of para-hydroxylation sites is 1. The average molecular weight is 551 g/mol. The number of amides is 1. The molecule has 4 aromatic rings. The van der Waals surface area contributed by atoms with Crippen molar-refractivity contribution < 1.29 is 14.3 Å². The van der Waals surface area contributed by atoms with Gasteiger partial charge in [-0.1, -0.05) is 36.4 Å². The van der Waals surface area contributed by atoms with E-state index >= 15 is 0 Å². The molecule has 0 bridgehead atoms. The molecule has 2 aromatic carbocycles. The quantitative estimate of drug-likeness (QED) is 0.186. The Morgan fingerprint density at radius 3 is 2.56 bits per heavy atom. The number of nitrogens with zero attached hydrogens (tertiary/aromatic N) is 5. The van der Waals surface area contributed by atoms with Gasteiger partial charge in [-0.15, -0.1) is 0 Å². The first-order chi connectivity index (χ1) is 19.8. The molecule has 41 heavy (non-hydrogen) atoms. The van der Waals surface area contributed by atoms with Gasteiger partial charge in [0, 0.05) is 18.9 Å². The van der Waals surface area contributed by atoms with E-state index in [1.54, 1.807) is 56.5 Å². The lowest BCUT2D eigenvalue weighted by Gasteiger charge is -2.17. The summed E-state index contributed by atoms with van der Waals surface area (Å²) in [6.07, 6.45) is 0.693. The average Bonchev–Trinajstić information content (AvgIpc) is 2.97. The van der Waals surface area contributed by atoms with Crippen molar-refractivity contribution in [3.8, 4) is 23.1 Å². The molecule has 0 saturated heterocycles. The third-order valence-corrected chi connectivity index (χ3v) is 5.78. The number of carbonyl (C=O) groups is 1. The molecule has 0 saturated carbocycles. The molecule has 0 fully saturated rings. The van der Waals surface area contributed by atoms with Gasteiger partial charge in [-0.2, -0.15) is 5.26 Å². The van der Waals surface area contributed by atoms with Gasteiger partial charge in [-0.3, -0.25) is 15.1 Å². The van der Waals surface area contributed by atoms with E-state index in [1.165, 1.54) is 11.2 Å². The second-order valence-corrected chi connectivity index (χ2v) is 9.03. The van der Waals surface area contributed by atoms with Crippen LogP contribution in [0.4, 0.5) is 5.95 Å². The van der Waals surface area contributed by atoms with E-state index in [0.717, 1.165) is 11.4 Å². The van der Waals surface area contributed by atoms with Crippen LogP contribution in [0.25, 0.3) is 17.0 Å². The SMILES string of the molecule is COCc1cccc(CN(N)/C=C(\N)c2cc(-c3cccc(C#N)c3)nc(NC(=O)C(C)Oc3ccccc3)n2)n1. The van der Waals surface area contributed by atoms with Crippen LogP contribution in [0.2, 0.25) is 0 Å². The standard InChI is InChI=1S/C30H30N8O3/c1-20(41-25-12-4-3-5-13-25)29(39)37-30-35-27(22-9-6-8-21(14-22)16-31)15-28(36-30)26(32)18-38(33)17-23-10-7-11-24(34-23)19-40-2/h3-15,18,20H,17,19,32-33H2,1-2H3,(H,35,36,37,39)/b26-18-. The number of pyridine rings is 1. The second kappa shape index (κ2) is 13.7. The Hall–Kier alpha value is -5.31. The van der Waals surface area contributed by atoms with Gasteiger partial charge in [0.15, 0.2) is 6.10 Å². The summed E-state index contributed by atoms with van der Waals surface area (Å²) < 4.78 is 10.9. The highest BCUT2D eigenvalue weighted by atomic mass is 16.5. The number of nitriles is 1. The number of methoxy groups -OCH3 is 1. The summed E-state index contributed by atoms with van der Waals surface area (Å²) in [5.74, 6) is 6.34. The summed E-state index contributed by atoms with van der Waals surface area (Å²) in [6, 6.07) is 25.3. The van der Waals surface area contributed by atoms with Crippen LogP contribution in [0.3, 0.4) is 0 Å². The molecule has 4 rings (SSSR count). The summed E-state index contributed by atoms with van der Waals surface area (Å²) >= 11 is 0. The van der Waals surface area contributed by atoms with Crippen LogP contribution in [0.15, 0.2) is 85.1 Å². The number of anilines is 1. The van der Waals surface area contributed by atoms with Crippen molar-refractivity contribution in [2.75, 3.05) is 12.4 Å². The van der Waals surface area contributed by atoms with Gasteiger partial charge in [-0.05, 0) is 49.4 Å². The normalized spacial score (nSPS) is 11.8. The van der Waals surface area contributed by atoms with E-state index in [9.17, 15) is 10.1 Å². The van der Waals surface area contributed by atoms with Gasteiger partial charge in [0.1, 0.15) is 5.75 Å². The number of aromatic nitrogens is 3. The summed E-state index contributed by atoms with van der Waals surface area (Å²) in [5.41, 5.74) is 10.0. The lowest BCUT2D eigenvalue weighted by molar-refractivity contribution is -0.122. The lowest BCUT2D eigenvalue weighted by Crippen LogP contribution is -2.31. The zero-order valence-corrected chi connectivity index (χ0v) is 22.7. The van der Waals surface area contributed by atoms with Crippen molar-refractivity contribution >= 4 is 17.6 Å². The minimum absolute atomic E-state index is 0.0160. The Morgan fingerprint density at radius 1 is 1.05 bits per heavy atom. The first-order valence-electron chi connectivity index (χ1n) is 12.7. The lowest BCUT2D eigenvalue weighted by atomic mass is 10.1.